The monoisotopic (exact) mass is 379 g/mol. The van der Waals surface area contributed by atoms with Crippen molar-refractivity contribution >= 4 is 28.3 Å². The van der Waals surface area contributed by atoms with Gasteiger partial charge in [0.1, 0.15) is 0 Å². The molecule has 3 rings (SSSR count). The lowest BCUT2D eigenvalue weighted by molar-refractivity contribution is -0.119. The number of carbonyl (C=O) groups excluding carboxylic acids is 2. The third kappa shape index (κ3) is 4.59. The van der Waals surface area contributed by atoms with Crippen LogP contribution < -0.4 is 14.8 Å². The van der Waals surface area contributed by atoms with E-state index < -0.39 is 11.9 Å². The zero-order valence-corrected chi connectivity index (χ0v) is 15.7. The normalized spacial score (nSPS) is 10.4. The van der Waals surface area contributed by atoms with Gasteiger partial charge in [0.25, 0.3) is 5.91 Å². The second-order valence-electron chi connectivity index (χ2n) is 5.98. The van der Waals surface area contributed by atoms with Crippen molar-refractivity contribution in [3.63, 3.8) is 0 Å². The number of fused-ring (bicyclic) bond motifs is 1. The highest BCUT2D eigenvalue weighted by Gasteiger charge is 2.14. The van der Waals surface area contributed by atoms with Gasteiger partial charge in [-0.25, -0.2) is 4.79 Å². The van der Waals surface area contributed by atoms with Gasteiger partial charge in [-0.05, 0) is 48.0 Å². The molecule has 28 heavy (non-hydrogen) atoms. The Kier molecular flexibility index (Phi) is 6.11. The van der Waals surface area contributed by atoms with Crippen LogP contribution in [0.15, 0.2) is 60.7 Å². The standard InChI is InChI=1S/C22H21NO5/c1-3-27-19-11-9-17(13-20(19)26-2)22(25)28-14-21(24)23-18-10-8-15-6-4-5-7-16(15)12-18/h4-13H,3,14H2,1-2H3,(H,23,24). The van der Waals surface area contributed by atoms with Crippen molar-refractivity contribution in [1.82, 2.24) is 0 Å². The molecule has 6 nitrogen and oxygen atoms in total. The Balaban J connectivity index is 1.59. The van der Waals surface area contributed by atoms with Crippen molar-refractivity contribution in [2.24, 2.45) is 0 Å². The van der Waals surface area contributed by atoms with Crippen LogP contribution in [0.25, 0.3) is 10.8 Å². The molecular formula is C22H21NO5. The smallest absolute Gasteiger partial charge is 0.338 e. The first-order valence-electron chi connectivity index (χ1n) is 8.87. The quantitative estimate of drug-likeness (QED) is 0.627. The van der Waals surface area contributed by atoms with Gasteiger partial charge in [0.05, 0.1) is 19.3 Å². The third-order valence-electron chi connectivity index (χ3n) is 4.07. The summed E-state index contributed by atoms with van der Waals surface area (Å²) < 4.78 is 15.7. The van der Waals surface area contributed by atoms with E-state index in [1.165, 1.54) is 13.2 Å². The molecule has 3 aromatic carbocycles. The van der Waals surface area contributed by atoms with Crippen molar-refractivity contribution in [3.05, 3.63) is 66.2 Å². The number of nitrogens with one attached hydrogen (secondary N) is 1. The molecular weight excluding hydrogens is 358 g/mol. The van der Waals surface area contributed by atoms with E-state index in [1.807, 2.05) is 43.3 Å². The number of methoxy groups -OCH3 is 1. The number of amides is 1. The van der Waals surface area contributed by atoms with Crippen LogP contribution in [0.1, 0.15) is 17.3 Å². The number of hydrogen-bond donors (Lipinski definition) is 1. The topological polar surface area (TPSA) is 73.9 Å². The number of rotatable bonds is 7. The minimum absolute atomic E-state index is 0.277. The Morgan fingerprint density at radius 1 is 0.929 bits per heavy atom. The second-order valence-corrected chi connectivity index (χ2v) is 5.98. The molecule has 1 amide bonds. The van der Waals surface area contributed by atoms with Gasteiger partial charge in [-0.3, -0.25) is 4.79 Å². The van der Waals surface area contributed by atoms with E-state index >= 15 is 0 Å². The Labute approximate surface area is 163 Å². The fourth-order valence-corrected chi connectivity index (χ4v) is 2.75. The first-order chi connectivity index (χ1) is 13.6. The molecule has 0 aliphatic carbocycles. The van der Waals surface area contributed by atoms with Crippen molar-refractivity contribution in [2.45, 2.75) is 6.92 Å². The van der Waals surface area contributed by atoms with Gasteiger partial charge in [-0.1, -0.05) is 30.3 Å². The van der Waals surface area contributed by atoms with Gasteiger partial charge < -0.3 is 19.5 Å². The van der Waals surface area contributed by atoms with E-state index in [0.717, 1.165) is 10.8 Å². The van der Waals surface area contributed by atoms with E-state index in [0.29, 0.717) is 23.8 Å². The first-order valence-corrected chi connectivity index (χ1v) is 8.87. The van der Waals surface area contributed by atoms with Gasteiger partial charge in [0, 0.05) is 5.69 Å². The predicted molar refractivity (Wildman–Crippen MR) is 107 cm³/mol. The lowest BCUT2D eigenvalue weighted by atomic mass is 10.1. The molecule has 3 aromatic rings. The van der Waals surface area contributed by atoms with Crippen LogP contribution in [0.5, 0.6) is 11.5 Å². The highest BCUT2D eigenvalue weighted by atomic mass is 16.5. The molecule has 0 aliphatic heterocycles. The number of benzene rings is 3. The van der Waals surface area contributed by atoms with Gasteiger partial charge in [-0.2, -0.15) is 0 Å². The Hall–Kier alpha value is -3.54. The molecule has 6 heteroatoms. The van der Waals surface area contributed by atoms with Crippen molar-refractivity contribution < 1.29 is 23.8 Å². The third-order valence-corrected chi connectivity index (χ3v) is 4.07. The summed E-state index contributed by atoms with van der Waals surface area (Å²) in [4.78, 5) is 24.3. The number of esters is 1. The van der Waals surface area contributed by atoms with Gasteiger partial charge in [0.15, 0.2) is 18.1 Å². The second kappa shape index (κ2) is 8.90. The van der Waals surface area contributed by atoms with Gasteiger partial charge >= 0.3 is 5.97 Å². The lowest BCUT2D eigenvalue weighted by Gasteiger charge is -2.11. The number of anilines is 1. The van der Waals surface area contributed by atoms with E-state index in [2.05, 4.69) is 5.32 Å². The zero-order valence-electron chi connectivity index (χ0n) is 15.7. The molecule has 0 bridgehead atoms. The molecule has 0 saturated heterocycles. The van der Waals surface area contributed by atoms with E-state index in [1.54, 1.807) is 18.2 Å². The minimum atomic E-state index is -0.616. The Bertz CT molecular complexity index is 999. The average Bonchev–Trinajstić information content (AvgIpc) is 2.72. The maximum absolute atomic E-state index is 12.2. The largest absolute Gasteiger partial charge is 0.493 e. The fraction of sp³-hybridized carbons (Fsp3) is 0.182. The van der Waals surface area contributed by atoms with Crippen molar-refractivity contribution in [3.8, 4) is 11.5 Å². The predicted octanol–water partition coefficient (Wildman–Crippen LogP) is 4.04. The molecule has 1 N–H and O–H groups in total. The van der Waals surface area contributed by atoms with E-state index in [4.69, 9.17) is 14.2 Å². The van der Waals surface area contributed by atoms with Gasteiger partial charge in [0.2, 0.25) is 0 Å². The molecule has 0 aliphatic rings. The lowest BCUT2D eigenvalue weighted by Crippen LogP contribution is -2.21. The van der Waals surface area contributed by atoms with E-state index in [9.17, 15) is 9.59 Å². The van der Waals surface area contributed by atoms with Crippen molar-refractivity contribution in [2.75, 3.05) is 25.6 Å². The molecule has 0 unspecified atom stereocenters. The Morgan fingerprint density at radius 2 is 1.71 bits per heavy atom. The zero-order chi connectivity index (χ0) is 19.9. The maximum atomic E-state index is 12.2. The summed E-state index contributed by atoms with van der Waals surface area (Å²) in [7, 11) is 1.49. The number of hydrogen-bond acceptors (Lipinski definition) is 5. The number of carbonyl (C=O) groups is 2. The van der Waals surface area contributed by atoms with Crippen LogP contribution in [0.2, 0.25) is 0 Å². The van der Waals surface area contributed by atoms with Crippen LogP contribution in [0.3, 0.4) is 0 Å². The van der Waals surface area contributed by atoms with Crippen LogP contribution in [-0.2, 0) is 9.53 Å². The van der Waals surface area contributed by atoms with Crippen LogP contribution in [0.4, 0.5) is 5.69 Å². The highest BCUT2D eigenvalue weighted by Crippen LogP contribution is 2.28. The van der Waals surface area contributed by atoms with Crippen LogP contribution in [-0.4, -0.2) is 32.2 Å². The number of ether oxygens (including phenoxy) is 3. The van der Waals surface area contributed by atoms with Gasteiger partial charge in [-0.15, -0.1) is 0 Å². The molecule has 0 radical (unpaired) electrons. The van der Waals surface area contributed by atoms with E-state index in [-0.39, 0.29) is 12.2 Å². The summed E-state index contributed by atoms with van der Waals surface area (Å²) >= 11 is 0. The summed E-state index contributed by atoms with van der Waals surface area (Å²) in [5.41, 5.74) is 0.918. The minimum Gasteiger partial charge on any atom is -0.493 e. The van der Waals surface area contributed by atoms with Crippen molar-refractivity contribution in [1.29, 1.82) is 0 Å². The molecule has 0 aromatic heterocycles. The molecule has 0 heterocycles. The molecule has 0 fully saturated rings. The summed E-state index contributed by atoms with van der Waals surface area (Å²) in [6.45, 7) is 1.95. The summed E-state index contributed by atoms with van der Waals surface area (Å²) in [5.74, 6) is -0.0657. The van der Waals surface area contributed by atoms with Crippen LogP contribution >= 0.6 is 0 Å². The average molecular weight is 379 g/mol. The summed E-state index contributed by atoms with van der Waals surface area (Å²) in [6.07, 6.45) is 0. The fourth-order valence-electron chi connectivity index (χ4n) is 2.75. The van der Waals surface area contributed by atoms with Crippen LogP contribution in [0, 0.1) is 0 Å². The summed E-state index contributed by atoms with van der Waals surface area (Å²) in [6, 6.07) is 18.2. The SMILES string of the molecule is CCOc1ccc(C(=O)OCC(=O)Nc2ccc3ccccc3c2)cc1OC. The molecule has 144 valence electrons. The first kappa shape index (κ1) is 19.2. The summed E-state index contributed by atoms with van der Waals surface area (Å²) in [5, 5.41) is 4.82. The molecule has 0 spiro atoms. The molecule has 0 atom stereocenters. The molecule has 0 saturated carbocycles. The highest BCUT2D eigenvalue weighted by molar-refractivity contribution is 5.97. The Morgan fingerprint density at radius 3 is 2.46 bits per heavy atom. The maximum Gasteiger partial charge on any atom is 0.338 e.